The number of aliphatic hydroxyl groups excluding tert-OH is 1. The summed E-state index contributed by atoms with van der Waals surface area (Å²) in [5.41, 5.74) is 2.59. The molecule has 1 saturated heterocycles. The van der Waals surface area contributed by atoms with Crippen LogP contribution >= 0.6 is 0 Å². The van der Waals surface area contributed by atoms with Crippen molar-refractivity contribution in [3.8, 4) is 11.4 Å². The molecule has 1 fully saturated rings. The van der Waals surface area contributed by atoms with Crippen LogP contribution in [0.3, 0.4) is 0 Å². The van der Waals surface area contributed by atoms with Gasteiger partial charge in [0.05, 0.1) is 35.4 Å². The third kappa shape index (κ3) is 3.66. The van der Waals surface area contributed by atoms with Gasteiger partial charge in [0.1, 0.15) is 5.82 Å². The van der Waals surface area contributed by atoms with Gasteiger partial charge in [-0.05, 0) is 30.7 Å². The van der Waals surface area contributed by atoms with Crippen LogP contribution in [0.5, 0.6) is 0 Å². The van der Waals surface area contributed by atoms with Crippen molar-refractivity contribution in [1.82, 2.24) is 24.6 Å². The molecular weight excluding hydrogens is 400 g/mol. The first-order chi connectivity index (χ1) is 15.0. The lowest BCUT2D eigenvalue weighted by molar-refractivity contribution is 0.167. The summed E-state index contributed by atoms with van der Waals surface area (Å²) >= 11 is 0. The molecule has 0 spiro atoms. The van der Waals surface area contributed by atoms with Crippen molar-refractivity contribution in [3.63, 3.8) is 0 Å². The van der Waals surface area contributed by atoms with Crippen LogP contribution < -0.4 is 5.23 Å². The first-order valence-electron chi connectivity index (χ1n) is 9.92. The van der Waals surface area contributed by atoms with Gasteiger partial charge in [-0.3, -0.25) is 10.1 Å². The standard InChI is InChI=1S/C21H21N6O4/c1-25-17-8-3-2-7-16(17)22-19(25)12-26-11-15(28)10-18(26)21-23-20(24-31-21)13-5-4-6-14(9-13)27(29)30/h2-9,15,18,28-29H,10-12H2,1H3/q-1. The number of likely N-dealkylation sites (tertiary alicyclic amines) is 1. The Balaban J connectivity index is 1.41. The molecule has 0 amide bonds. The van der Waals surface area contributed by atoms with Gasteiger partial charge in [0.15, 0.2) is 0 Å². The van der Waals surface area contributed by atoms with Crippen molar-refractivity contribution in [3.05, 3.63) is 65.5 Å². The molecule has 2 atom stereocenters. The predicted octanol–water partition coefficient (Wildman–Crippen LogP) is 2.62. The Morgan fingerprint density at radius 3 is 2.84 bits per heavy atom. The summed E-state index contributed by atoms with van der Waals surface area (Å²) in [4.78, 5) is 11.3. The summed E-state index contributed by atoms with van der Waals surface area (Å²) in [5, 5.41) is 34.4. The fourth-order valence-corrected chi connectivity index (χ4v) is 4.08. The van der Waals surface area contributed by atoms with Crippen LogP contribution in [0.1, 0.15) is 24.2 Å². The normalized spacial score (nSPS) is 19.4. The second kappa shape index (κ2) is 7.75. The number of hydrogen-bond donors (Lipinski definition) is 2. The largest absolute Gasteiger partial charge is 0.733 e. The van der Waals surface area contributed by atoms with Crippen LogP contribution in [-0.4, -0.2) is 47.6 Å². The quantitative estimate of drug-likeness (QED) is 0.467. The average Bonchev–Trinajstić information content (AvgIpc) is 3.47. The molecule has 1 aliphatic rings. The van der Waals surface area contributed by atoms with E-state index in [1.54, 1.807) is 12.1 Å². The van der Waals surface area contributed by atoms with Gasteiger partial charge in [-0.15, -0.1) is 0 Å². The molecule has 0 saturated carbocycles. The minimum atomic E-state index is -0.512. The van der Waals surface area contributed by atoms with Gasteiger partial charge in [0.25, 0.3) is 0 Å². The molecular formula is C21H21N6O4-. The number of rotatable bonds is 5. The van der Waals surface area contributed by atoms with Gasteiger partial charge in [-0.2, -0.15) is 4.98 Å². The average molecular weight is 421 g/mol. The predicted molar refractivity (Wildman–Crippen MR) is 112 cm³/mol. The molecule has 4 aromatic rings. The first-order valence-corrected chi connectivity index (χ1v) is 9.92. The van der Waals surface area contributed by atoms with Crippen molar-refractivity contribution in [1.29, 1.82) is 0 Å². The summed E-state index contributed by atoms with van der Waals surface area (Å²) in [7, 11) is 1.98. The van der Waals surface area contributed by atoms with E-state index < -0.39 is 6.10 Å². The topological polar surface area (TPSA) is 127 Å². The molecule has 0 radical (unpaired) electrons. The van der Waals surface area contributed by atoms with Gasteiger partial charge in [0, 0.05) is 19.2 Å². The fourth-order valence-electron chi connectivity index (χ4n) is 4.08. The Morgan fingerprint density at radius 2 is 2.03 bits per heavy atom. The SMILES string of the molecule is Cn1c(CN2CC(O)CC2c2nc(-c3cccc(N([O-])O)c3)no2)nc2ccccc21. The summed E-state index contributed by atoms with van der Waals surface area (Å²) < 4.78 is 7.56. The summed E-state index contributed by atoms with van der Waals surface area (Å²) in [5.74, 6) is 1.58. The molecule has 2 aromatic carbocycles. The molecule has 2 unspecified atom stereocenters. The van der Waals surface area contributed by atoms with Crippen LogP contribution in [-0.2, 0) is 13.6 Å². The maximum Gasteiger partial charge on any atom is 0.244 e. The highest BCUT2D eigenvalue weighted by atomic mass is 16.8. The maximum atomic E-state index is 11.2. The molecule has 1 aliphatic heterocycles. The smallest absolute Gasteiger partial charge is 0.244 e. The van der Waals surface area contributed by atoms with Crippen molar-refractivity contribution >= 4 is 16.7 Å². The molecule has 3 heterocycles. The highest BCUT2D eigenvalue weighted by Gasteiger charge is 2.36. The zero-order valence-electron chi connectivity index (χ0n) is 16.8. The number of imidazole rings is 1. The molecule has 0 aliphatic carbocycles. The Morgan fingerprint density at radius 1 is 1.19 bits per heavy atom. The number of benzene rings is 2. The fraction of sp³-hybridized carbons (Fsp3) is 0.286. The number of para-hydroxylation sites is 2. The van der Waals surface area contributed by atoms with E-state index in [2.05, 4.69) is 15.0 Å². The minimum Gasteiger partial charge on any atom is -0.733 e. The monoisotopic (exact) mass is 421 g/mol. The lowest BCUT2D eigenvalue weighted by atomic mass is 10.2. The summed E-state index contributed by atoms with van der Waals surface area (Å²) in [6, 6.07) is 14.0. The number of aryl methyl sites for hydroxylation is 1. The zero-order valence-corrected chi connectivity index (χ0v) is 16.8. The third-order valence-corrected chi connectivity index (χ3v) is 5.66. The van der Waals surface area contributed by atoms with Gasteiger partial charge in [-0.25, -0.2) is 4.98 Å². The Kier molecular flexibility index (Phi) is 4.91. The minimum absolute atomic E-state index is 0.0728. The molecule has 5 rings (SSSR count). The number of β-amino-alcohol motifs (C(OH)–C–C–N with tert-alkyl or cyclic N) is 1. The summed E-state index contributed by atoms with van der Waals surface area (Å²) in [6.07, 6.45) is -0.0434. The Labute approximate surface area is 177 Å². The van der Waals surface area contributed by atoms with Gasteiger partial charge in [-0.1, -0.05) is 29.4 Å². The molecule has 0 bridgehead atoms. The van der Waals surface area contributed by atoms with E-state index in [9.17, 15) is 10.3 Å². The van der Waals surface area contributed by atoms with Gasteiger partial charge < -0.3 is 24.6 Å². The number of fused-ring (bicyclic) bond motifs is 1. The van der Waals surface area contributed by atoms with Crippen LogP contribution in [0.2, 0.25) is 0 Å². The van der Waals surface area contributed by atoms with Crippen LogP contribution in [0.25, 0.3) is 22.4 Å². The molecule has 10 nitrogen and oxygen atoms in total. The lowest BCUT2D eigenvalue weighted by Crippen LogP contribution is -2.26. The number of nitrogens with zero attached hydrogens (tertiary/aromatic N) is 6. The highest BCUT2D eigenvalue weighted by Crippen LogP contribution is 2.34. The van der Waals surface area contributed by atoms with E-state index in [-0.39, 0.29) is 17.0 Å². The maximum absolute atomic E-state index is 11.2. The van der Waals surface area contributed by atoms with E-state index in [4.69, 9.17) is 14.7 Å². The van der Waals surface area contributed by atoms with Crippen LogP contribution in [0.15, 0.2) is 53.1 Å². The van der Waals surface area contributed by atoms with Gasteiger partial charge >= 0.3 is 0 Å². The number of aliphatic hydroxyl groups is 1. The zero-order chi connectivity index (χ0) is 21.5. The van der Waals surface area contributed by atoms with E-state index in [0.717, 1.165) is 16.9 Å². The van der Waals surface area contributed by atoms with Crippen LogP contribution in [0.4, 0.5) is 5.69 Å². The molecule has 10 heteroatoms. The van der Waals surface area contributed by atoms with Gasteiger partial charge in [0.2, 0.25) is 11.7 Å². The van der Waals surface area contributed by atoms with E-state index in [0.29, 0.717) is 36.8 Å². The Bertz CT molecular complexity index is 1220. The molecule has 160 valence electrons. The van der Waals surface area contributed by atoms with Crippen molar-refractivity contribution in [2.24, 2.45) is 7.05 Å². The molecule has 2 N–H and O–H groups in total. The first kappa shape index (κ1) is 19.6. The second-order valence-corrected chi connectivity index (χ2v) is 7.69. The molecule has 2 aromatic heterocycles. The molecule has 31 heavy (non-hydrogen) atoms. The van der Waals surface area contributed by atoms with E-state index in [1.807, 2.05) is 35.9 Å². The number of aromatic nitrogens is 4. The number of anilines is 1. The lowest BCUT2D eigenvalue weighted by Gasteiger charge is -2.21. The Hall–Kier alpha value is -3.31. The van der Waals surface area contributed by atoms with E-state index in [1.165, 1.54) is 12.1 Å². The second-order valence-electron chi connectivity index (χ2n) is 7.69. The number of hydrogen-bond acceptors (Lipinski definition) is 9. The summed E-state index contributed by atoms with van der Waals surface area (Å²) in [6.45, 7) is 0.993. The van der Waals surface area contributed by atoms with E-state index >= 15 is 0 Å². The highest BCUT2D eigenvalue weighted by molar-refractivity contribution is 5.75. The van der Waals surface area contributed by atoms with Crippen molar-refractivity contribution in [2.75, 3.05) is 11.8 Å². The van der Waals surface area contributed by atoms with Crippen molar-refractivity contribution < 1.29 is 14.8 Å². The van der Waals surface area contributed by atoms with Crippen molar-refractivity contribution in [2.45, 2.75) is 25.1 Å². The van der Waals surface area contributed by atoms with Crippen LogP contribution in [0, 0.1) is 5.21 Å². The third-order valence-electron chi connectivity index (χ3n) is 5.66.